The van der Waals surface area contributed by atoms with Crippen LogP contribution in [0.4, 0.5) is 18.9 Å². The van der Waals surface area contributed by atoms with Crippen molar-refractivity contribution in [2.24, 2.45) is 0 Å². The summed E-state index contributed by atoms with van der Waals surface area (Å²) in [7, 11) is 0. The van der Waals surface area contributed by atoms with Gasteiger partial charge < -0.3 is 14.5 Å². The van der Waals surface area contributed by atoms with Crippen LogP contribution in [0, 0.1) is 6.92 Å². The van der Waals surface area contributed by atoms with Crippen LogP contribution in [0.5, 0.6) is 0 Å². The number of alkyl halides is 3. The molecule has 3 heterocycles. The van der Waals surface area contributed by atoms with Crippen LogP contribution < -0.4 is 4.90 Å². The predicted octanol–water partition coefficient (Wildman–Crippen LogP) is 5.47. The Morgan fingerprint density at radius 2 is 1.66 bits per heavy atom. The van der Waals surface area contributed by atoms with E-state index < -0.39 is 23.3 Å². The summed E-state index contributed by atoms with van der Waals surface area (Å²) in [5, 5.41) is 0. The fourth-order valence-corrected chi connectivity index (χ4v) is 6.15. The maximum absolute atomic E-state index is 13.8. The zero-order valence-corrected chi connectivity index (χ0v) is 23.8. The number of likely N-dealkylation sites (tertiary alicyclic amines) is 1. The van der Waals surface area contributed by atoms with E-state index >= 15 is 0 Å². The third-order valence-corrected chi connectivity index (χ3v) is 8.47. The third kappa shape index (κ3) is 6.05. The van der Waals surface area contributed by atoms with Gasteiger partial charge in [-0.25, -0.2) is 4.79 Å². The van der Waals surface area contributed by atoms with Gasteiger partial charge in [-0.1, -0.05) is 42.0 Å². The van der Waals surface area contributed by atoms with Crippen LogP contribution in [0.2, 0.25) is 0 Å². The molecule has 6 nitrogen and oxygen atoms in total. The summed E-state index contributed by atoms with van der Waals surface area (Å²) in [6, 6.07) is 13.5. The number of anilines is 1. The molecule has 41 heavy (non-hydrogen) atoms. The van der Waals surface area contributed by atoms with Gasteiger partial charge in [0.15, 0.2) is 0 Å². The number of hydrogen-bond donors (Lipinski definition) is 0. The monoisotopic (exact) mass is 567 g/mol. The van der Waals surface area contributed by atoms with E-state index in [1.165, 1.54) is 22.8 Å². The van der Waals surface area contributed by atoms with Gasteiger partial charge >= 0.3 is 12.1 Å². The molecule has 1 amide bonds. The quantitative estimate of drug-likeness (QED) is 0.449. The van der Waals surface area contributed by atoms with Crippen LogP contribution in [-0.4, -0.2) is 73.1 Å². The van der Waals surface area contributed by atoms with Crippen molar-refractivity contribution in [3.05, 3.63) is 81.9 Å². The Labute approximate surface area is 239 Å². The summed E-state index contributed by atoms with van der Waals surface area (Å²) in [5.74, 6) is -0.652. The highest BCUT2D eigenvalue weighted by Crippen LogP contribution is 2.42. The van der Waals surface area contributed by atoms with Crippen LogP contribution >= 0.6 is 0 Å². The van der Waals surface area contributed by atoms with E-state index in [2.05, 4.69) is 37.0 Å². The Balaban J connectivity index is 1.23. The number of esters is 1. The molecule has 3 aliphatic rings. The number of piperidine rings is 1. The standard InChI is InChI=1S/C32H36F3N3O3/c1-22(19-25-8-5-4-7-23(25)2)21-36-13-11-31(12-14-36)28(24(3)30(40)41-31)29(39)38-17-15-37(16-18-38)27-10-6-9-26(20-27)32(33,34)35/h4-10,19-20H,11-18,21H2,1-3H3/b22-19+. The minimum absolute atomic E-state index is 0.207. The molecular weight excluding hydrogens is 531 g/mol. The minimum atomic E-state index is -4.41. The molecule has 0 unspecified atom stereocenters. The second-order valence-electron chi connectivity index (χ2n) is 11.3. The first-order chi connectivity index (χ1) is 19.5. The van der Waals surface area contributed by atoms with Gasteiger partial charge in [-0.3, -0.25) is 9.69 Å². The van der Waals surface area contributed by atoms with E-state index in [1.54, 1.807) is 17.9 Å². The lowest BCUT2D eigenvalue weighted by atomic mass is 9.82. The topological polar surface area (TPSA) is 53.1 Å². The van der Waals surface area contributed by atoms with Gasteiger partial charge in [-0.15, -0.1) is 0 Å². The highest BCUT2D eigenvalue weighted by atomic mass is 19.4. The molecule has 2 aromatic rings. The molecule has 0 radical (unpaired) electrons. The molecule has 0 aromatic heterocycles. The maximum atomic E-state index is 13.8. The number of rotatable bonds is 5. The normalized spacial score (nSPS) is 20.1. The van der Waals surface area contributed by atoms with E-state index in [4.69, 9.17) is 4.74 Å². The van der Waals surface area contributed by atoms with E-state index in [0.29, 0.717) is 68.9 Å². The molecule has 0 aliphatic carbocycles. The van der Waals surface area contributed by atoms with Gasteiger partial charge in [0, 0.05) is 69.9 Å². The Kier molecular flexibility index (Phi) is 8.01. The van der Waals surface area contributed by atoms with Crippen molar-refractivity contribution in [3.8, 4) is 0 Å². The molecule has 0 saturated carbocycles. The molecule has 9 heteroatoms. The van der Waals surface area contributed by atoms with Crippen LogP contribution in [-0.2, 0) is 20.5 Å². The lowest BCUT2D eigenvalue weighted by molar-refractivity contribution is -0.151. The first-order valence-corrected chi connectivity index (χ1v) is 14.1. The number of nitrogens with zero attached hydrogens (tertiary/aromatic N) is 3. The summed E-state index contributed by atoms with van der Waals surface area (Å²) in [6.45, 7) is 9.56. The molecule has 2 fully saturated rings. The van der Waals surface area contributed by atoms with Gasteiger partial charge in [0.25, 0.3) is 5.91 Å². The number of aryl methyl sites for hydroxylation is 1. The molecule has 0 N–H and O–H groups in total. The zero-order chi connectivity index (χ0) is 29.4. The second-order valence-corrected chi connectivity index (χ2v) is 11.3. The van der Waals surface area contributed by atoms with Crippen LogP contribution in [0.25, 0.3) is 6.08 Å². The number of ether oxygens (including phenoxy) is 1. The van der Waals surface area contributed by atoms with E-state index in [-0.39, 0.29) is 5.91 Å². The second kappa shape index (κ2) is 11.4. The fraction of sp³-hybridized carbons (Fsp3) is 0.438. The molecule has 1 spiro atoms. The van der Waals surface area contributed by atoms with Crippen molar-refractivity contribution < 1.29 is 27.5 Å². The van der Waals surface area contributed by atoms with Crippen molar-refractivity contribution in [3.63, 3.8) is 0 Å². The number of amides is 1. The van der Waals surface area contributed by atoms with E-state index in [9.17, 15) is 22.8 Å². The Bertz CT molecular complexity index is 1380. The number of piperazine rings is 1. The molecule has 0 bridgehead atoms. The maximum Gasteiger partial charge on any atom is 0.416 e. The minimum Gasteiger partial charge on any atom is -0.450 e. The van der Waals surface area contributed by atoms with Gasteiger partial charge in [-0.2, -0.15) is 13.2 Å². The molecule has 2 aromatic carbocycles. The van der Waals surface area contributed by atoms with E-state index in [1.807, 2.05) is 17.0 Å². The van der Waals surface area contributed by atoms with Gasteiger partial charge in [0.05, 0.1) is 11.1 Å². The molecular formula is C32H36F3N3O3. The summed E-state index contributed by atoms with van der Waals surface area (Å²) in [5.41, 5.74) is 3.33. The molecule has 218 valence electrons. The molecule has 2 saturated heterocycles. The first-order valence-electron chi connectivity index (χ1n) is 14.1. The lowest BCUT2D eigenvalue weighted by Gasteiger charge is -2.42. The van der Waals surface area contributed by atoms with Crippen molar-refractivity contribution in [2.75, 3.05) is 50.7 Å². The van der Waals surface area contributed by atoms with Crippen LogP contribution in [0.15, 0.2) is 65.3 Å². The number of hydrogen-bond acceptors (Lipinski definition) is 5. The average molecular weight is 568 g/mol. The number of benzene rings is 2. The zero-order valence-electron chi connectivity index (χ0n) is 23.8. The average Bonchev–Trinajstić information content (AvgIpc) is 3.19. The predicted molar refractivity (Wildman–Crippen MR) is 152 cm³/mol. The summed E-state index contributed by atoms with van der Waals surface area (Å²) in [6.07, 6.45) is -1.13. The largest absolute Gasteiger partial charge is 0.450 e. The number of carbonyl (C=O) groups is 2. The summed E-state index contributed by atoms with van der Waals surface area (Å²) >= 11 is 0. The highest BCUT2D eigenvalue weighted by Gasteiger charge is 2.51. The van der Waals surface area contributed by atoms with E-state index in [0.717, 1.165) is 18.7 Å². The molecule has 5 rings (SSSR count). The Hall–Kier alpha value is -3.59. The third-order valence-electron chi connectivity index (χ3n) is 8.47. The SMILES string of the molecule is CC1=C(C(=O)N2CCN(c3cccc(C(F)(F)F)c3)CC2)C2(CCN(C/C(C)=C/c3ccccc3C)CC2)OC1=O. The van der Waals surface area contributed by atoms with Crippen molar-refractivity contribution in [1.82, 2.24) is 9.80 Å². The Morgan fingerprint density at radius 3 is 2.32 bits per heavy atom. The van der Waals surface area contributed by atoms with Crippen molar-refractivity contribution in [2.45, 2.75) is 45.4 Å². The number of carbonyl (C=O) groups excluding carboxylic acids is 2. The molecule has 0 atom stereocenters. The van der Waals surface area contributed by atoms with Gasteiger partial charge in [0.1, 0.15) is 5.60 Å². The highest BCUT2D eigenvalue weighted by molar-refractivity contribution is 6.07. The van der Waals surface area contributed by atoms with Crippen molar-refractivity contribution >= 4 is 23.6 Å². The fourth-order valence-electron chi connectivity index (χ4n) is 6.15. The molecule has 3 aliphatic heterocycles. The van der Waals surface area contributed by atoms with Gasteiger partial charge in [-0.05, 0) is 50.1 Å². The summed E-state index contributed by atoms with van der Waals surface area (Å²) in [4.78, 5) is 32.4. The first kappa shape index (κ1) is 28.9. The number of halogens is 3. The lowest BCUT2D eigenvalue weighted by Crippen LogP contribution is -2.53. The smallest absolute Gasteiger partial charge is 0.416 e. The van der Waals surface area contributed by atoms with Crippen LogP contribution in [0.1, 0.15) is 43.4 Å². The van der Waals surface area contributed by atoms with Gasteiger partial charge in [0.2, 0.25) is 0 Å². The summed E-state index contributed by atoms with van der Waals surface area (Å²) < 4.78 is 45.5. The van der Waals surface area contributed by atoms with Crippen LogP contribution in [0.3, 0.4) is 0 Å². The van der Waals surface area contributed by atoms with Crippen molar-refractivity contribution in [1.29, 1.82) is 0 Å². The Morgan fingerprint density at radius 1 is 0.976 bits per heavy atom.